The Morgan fingerprint density at radius 3 is 1.23 bits per heavy atom. The van der Waals surface area contributed by atoms with Gasteiger partial charge in [0.15, 0.2) is 0 Å². The number of hydrogen-bond acceptors (Lipinski definition) is 9. The van der Waals surface area contributed by atoms with Crippen LogP contribution >= 0.6 is 0 Å². The summed E-state index contributed by atoms with van der Waals surface area (Å²) in [4.78, 5) is 0. The van der Waals surface area contributed by atoms with Crippen molar-refractivity contribution < 1.29 is 42.6 Å². The average Bonchev–Trinajstić information content (AvgIpc) is 3.36. The summed E-state index contributed by atoms with van der Waals surface area (Å²) in [5.41, 5.74) is 6.14. The van der Waals surface area contributed by atoms with Crippen molar-refractivity contribution in [1.82, 2.24) is 0 Å². The van der Waals surface area contributed by atoms with Crippen LogP contribution < -0.4 is 0 Å². The molecule has 65 heavy (non-hydrogen) atoms. The van der Waals surface area contributed by atoms with E-state index < -0.39 is 42.9 Å². The lowest BCUT2D eigenvalue weighted by atomic mass is 9.80. The number of ether oxygens (including phenoxy) is 9. The molecule has 1 saturated carbocycles. The monoisotopic (exact) mass is 876 g/mol. The van der Waals surface area contributed by atoms with E-state index in [-0.39, 0.29) is 18.6 Å². The molecule has 2 aliphatic rings. The van der Waals surface area contributed by atoms with Crippen LogP contribution in [0, 0.1) is 5.92 Å². The molecule has 2 fully saturated rings. The largest absolute Gasteiger partial charge is 0.464 e. The van der Waals surface area contributed by atoms with E-state index in [1.807, 2.05) is 146 Å². The molecule has 0 N–H and O–H groups in total. The molecule has 1 aliphatic heterocycles. The molecule has 1 aliphatic carbocycles. The van der Waals surface area contributed by atoms with Gasteiger partial charge in [0.2, 0.25) is 6.29 Å². The molecule has 0 unspecified atom stereocenters. The zero-order valence-electron chi connectivity index (χ0n) is 37.1. The predicted octanol–water partition coefficient (Wildman–Crippen LogP) is 10.4. The molecule has 9 atom stereocenters. The van der Waals surface area contributed by atoms with Gasteiger partial charge in [-0.15, -0.1) is 0 Å². The van der Waals surface area contributed by atoms with E-state index >= 15 is 0 Å². The molecule has 0 bridgehead atoms. The van der Waals surface area contributed by atoms with Crippen molar-refractivity contribution in [3.05, 3.63) is 228 Å². The molecule has 338 valence electrons. The third-order valence-corrected chi connectivity index (χ3v) is 11.9. The van der Waals surface area contributed by atoms with E-state index in [2.05, 4.69) is 43.0 Å². The van der Waals surface area contributed by atoms with Crippen LogP contribution in [-0.2, 0) is 82.3 Å². The molecule has 0 aromatic heterocycles. The first-order valence-electron chi connectivity index (χ1n) is 22.5. The number of rotatable bonds is 22. The zero-order chi connectivity index (χ0) is 44.5. The highest BCUT2D eigenvalue weighted by molar-refractivity contribution is 5.19. The molecular formula is C56H60O9. The van der Waals surface area contributed by atoms with Gasteiger partial charge in [-0.1, -0.05) is 189 Å². The summed E-state index contributed by atoms with van der Waals surface area (Å²) in [5, 5.41) is 0. The average molecular weight is 877 g/mol. The van der Waals surface area contributed by atoms with Crippen LogP contribution in [0.3, 0.4) is 0 Å². The van der Waals surface area contributed by atoms with Gasteiger partial charge in [0.05, 0.1) is 58.5 Å². The molecule has 6 aromatic rings. The van der Waals surface area contributed by atoms with Crippen molar-refractivity contribution in [1.29, 1.82) is 0 Å². The summed E-state index contributed by atoms with van der Waals surface area (Å²) in [7, 11) is 1.73. The molecule has 1 heterocycles. The van der Waals surface area contributed by atoms with Gasteiger partial charge >= 0.3 is 0 Å². The number of hydrogen-bond donors (Lipinski definition) is 0. The van der Waals surface area contributed by atoms with Crippen molar-refractivity contribution in [2.24, 2.45) is 5.92 Å². The number of benzene rings is 6. The summed E-state index contributed by atoms with van der Waals surface area (Å²) >= 11 is 0. The van der Waals surface area contributed by atoms with Crippen molar-refractivity contribution in [3.8, 4) is 0 Å². The summed E-state index contributed by atoms with van der Waals surface area (Å²) < 4.78 is 61.4. The summed E-state index contributed by atoms with van der Waals surface area (Å²) in [6.45, 7) is 6.79. The van der Waals surface area contributed by atoms with Gasteiger partial charge in [-0.2, -0.15) is 0 Å². The second-order valence-corrected chi connectivity index (χ2v) is 16.6. The molecule has 1 saturated heterocycles. The lowest BCUT2D eigenvalue weighted by molar-refractivity contribution is -0.317. The van der Waals surface area contributed by atoms with E-state index in [0.29, 0.717) is 51.8 Å². The van der Waals surface area contributed by atoms with E-state index in [1.165, 1.54) is 0 Å². The van der Waals surface area contributed by atoms with Crippen LogP contribution in [0.5, 0.6) is 0 Å². The van der Waals surface area contributed by atoms with Crippen LogP contribution in [0.2, 0.25) is 0 Å². The third kappa shape index (κ3) is 13.1. The maximum atomic E-state index is 7.40. The predicted molar refractivity (Wildman–Crippen MR) is 249 cm³/mol. The first-order valence-corrected chi connectivity index (χ1v) is 22.5. The minimum atomic E-state index is -0.998. The van der Waals surface area contributed by atoms with Gasteiger partial charge in [-0.3, -0.25) is 0 Å². The fraction of sp³-hybridized carbons (Fsp3) is 0.321. The quantitative estimate of drug-likeness (QED) is 0.0662. The highest BCUT2D eigenvalue weighted by atomic mass is 16.7. The van der Waals surface area contributed by atoms with Crippen molar-refractivity contribution in [3.63, 3.8) is 0 Å². The normalized spacial score (nSPS) is 24.3. The SMILES string of the molecule is C=C1O[C@H](O[C@@H]2[C@@H](COCc3ccccc3)C[C@H](OC)[C@H](OCc3ccccc3)[C@H]2OCc2ccccc2)[C@H](OCc2ccccc2)[C@@H](OCc2ccccc2)[C@@H]1OCc1ccccc1. The van der Waals surface area contributed by atoms with Crippen molar-refractivity contribution in [2.45, 2.75) is 95.1 Å². The van der Waals surface area contributed by atoms with Crippen molar-refractivity contribution in [2.75, 3.05) is 13.7 Å². The van der Waals surface area contributed by atoms with Gasteiger partial charge in [-0.25, -0.2) is 0 Å². The Balaban J connectivity index is 1.15. The van der Waals surface area contributed by atoms with Crippen molar-refractivity contribution >= 4 is 0 Å². The smallest absolute Gasteiger partial charge is 0.229 e. The minimum Gasteiger partial charge on any atom is -0.464 e. The minimum absolute atomic E-state index is 0.219. The summed E-state index contributed by atoms with van der Waals surface area (Å²) in [6.07, 6.45) is -4.72. The molecule has 9 nitrogen and oxygen atoms in total. The molecule has 0 radical (unpaired) electrons. The topological polar surface area (TPSA) is 83.1 Å². The maximum absolute atomic E-state index is 7.40. The van der Waals surface area contributed by atoms with Gasteiger partial charge in [-0.05, 0) is 39.8 Å². The molecular weight excluding hydrogens is 817 g/mol. The number of methoxy groups -OCH3 is 1. The Morgan fingerprint density at radius 2 is 0.800 bits per heavy atom. The Kier molecular flexibility index (Phi) is 17.1. The second-order valence-electron chi connectivity index (χ2n) is 16.6. The fourth-order valence-electron chi connectivity index (χ4n) is 8.53. The van der Waals surface area contributed by atoms with Gasteiger partial charge in [0.25, 0.3) is 0 Å². The highest BCUT2D eigenvalue weighted by Gasteiger charge is 2.53. The highest BCUT2D eigenvalue weighted by Crippen LogP contribution is 2.39. The van der Waals surface area contributed by atoms with E-state index in [1.54, 1.807) is 7.11 Å². The van der Waals surface area contributed by atoms with Gasteiger partial charge < -0.3 is 42.6 Å². The standard InChI is InChI=1S/C56H60O9/c1-41-50(59-35-43-23-11-4-12-24-43)53(61-37-45-27-15-6-16-28-45)55(63-39-47-31-19-8-20-32-47)56(64-41)65-51-48(40-58-34-42-21-9-3-10-22-42)33-49(57-2)52(60-36-44-25-13-5-14-26-44)54(51)62-38-46-29-17-7-18-30-46/h3-32,48-56H,1,33-40H2,2H3/t48-,49+,50-,51-,52+,53+,54+,55-,56-/m1/s1. The van der Waals surface area contributed by atoms with Crippen LogP contribution in [0.15, 0.2) is 194 Å². The molecule has 0 spiro atoms. The molecule has 8 rings (SSSR count). The Bertz CT molecular complexity index is 2250. The Labute approximate surface area is 383 Å². The van der Waals surface area contributed by atoms with Gasteiger partial charge in [0.1, 0.15) is 36.3 Å². The first kappa shape index (κ1) is 46.1. The second kappa shape index (κ2) is 24.2. The summed E-state index contributed by atoms with van der Waals surface area (Å²) in [5.74, 6) is 0.160. The maximum Gasteiger partial charge on any atom is 0.229 e. The van der Waals surface area contributed by atoms with E-state index in [0.717, 1.165) is 33.4 Å². The lowest BCUT2D eigenvalue weighted by Crippen LogP contribution is -2.62. The Hall–Kier alpha value is -5.46. The zero-order valence-corrected chi connectivity index (χ0v) is 37.1. The fourth-order valence-corrected chi connectivity index (χ4v) is 8.53. The van der Waals surface area contributed by atoms with Gasteiger partial charge in [0, 0.05) is 13.0 Å². The molecule has 6 aromatic carbocycles. The first-order chi connectivity index (χ1) is 32.1. The lowest BCUT2D eigenvalue weighted by Gasteiger charge is -2.49. The van der Waals surface area contributed by atoms with Crippen LogP contribution in [0.1, 0.15) is 39.8 Å². The third-order valence-electron chi connectivity index (χ3n) is 11.9. The van der Waals surface area contributed by atoms with E-state index in [9.17, 15) is 0 Å². The van der Waals surface area contributed by atoms with Crippen LogP contribution in [0.4, 0.5) is 0 Å². The van der Waals surface area contributed by atoms with Crippen LogP contribution in [-0.4, -0.2) is 62.7 Å². The summed E-state index contributed by atoms with van der Waals surface area (Å²) in [6, 6.07) is 60.6. The Morgan fingerprint density at radius 1 is 0.431 bits per heavy atom. The molecule has 0 amide bonds. The van der Waals surface area contributed by atoms with E-state index in [4.69, 9.17) is 42.6 Å². The van der Waals surface area contributed by atoms with Crippen LogP contribution in [0.25, 0.3) is 0 Å². The molecule has 9 heteroatoms.